The van der Waals surface area contributed by atoms with Gasteiger partial charge in [0.05, 0.1) is 11.6 Å². The van der Waals surface area contributed by atoms with Gasteiger partial charge in [-0.2, -0.15) is 4.31 Å². The molecule has 1 amide bonds. The first-order valence-corrected chi connectivity index (χ1v) is 9.40. The van der Waals surface area contributed by atoms with Crippen LogP contribution in [0.5, 0.6) is 0 Å². The van der Waals surface area contributed by atoms with Gasteiger partial charge >= 0.3 is 0 Å². The highest BCUT2D eigenvalue weighted by molar-refractivity contribution is 7.89. The van der Waals surface area contributed by atoms with Crippen molar-refractivity contribution in [1.29, 1.82) is 0 Å². The molecule has 0 aliphatic rings. The third kappa shape index (κ3) is 4.83. The number of sulfonamides is 1. The van der Waals surface area contributed by atoms with Crippen molar-refractivity contribution in [2.24, 2.45) is 0 Å². The Balaban J connectivity index is 3.06. The highest BCUT2D eigenvalue weighted by Gasteiger charge is 2.29. The summed E-state index contributed by atoms with van der Waals surface area (Å²) in [6, 6.07) is 4.17. The number of halogens is 2. The van der Waals surface area contributed by atoms with Gasteiger partial charge in [0, 0.05) is 24.2 Å². The Hall–Kier alpha value is -0.820. The van der Waals surface area contributed by atoms with E-state index in [2.05, 4.69) is 0 Å². The lowest BCUT2D eigenvalue weighted by molar-refractivity contribution is -0.134. The maximum absolute atomic E-state index is 12.6. The molecule has 0 heterocycles. The molecule has 0 aliphatic heterocycles. The maximum Gasteiger partial charge on any atom is 0.244 e. The first kappa shape index (κ1) is 20.2. The highest BCUT2D eigenvalue weighted by Crippen LogP contribution is 2.27. The number of likely N-dealkylation sites (N-methyl/N-ethyl adjacent to an activating group) is 1. The van der Waals surface area contributed by atoms with Gasteiger partial charge < -0.3 is 4.90 Å². The van der Waals surface area contributed by atoms with Crippen LogP contribution in [0.15, 0.2) is 23.1 Å². The van der Waals surface area contributed by atoms with Crippen molar-refractivity contribution in [3.8, 4) is 0 Å². The van der Waals surface area contributed by atoms with Crippen LogP contribution in [0.1, 0.15) is 27.7 Å². The summed E-state index contributed by atoms with van der Waals surface area (Å²) < 4.78 is 26.2. The van der Waals surface area contributed by atoms with Crippen molar-refractivity contribution in [3.05, 3.63) is 28.2 Å². The van der Waals surface area contributed by atoms with Gasteiger partial charge in [-0.25, -0.2) is 8.42 Å². The summed E-state index contributed by atoms with van der Waals surface area (Å²) in [4.78, 5) is 14.0. The fourth-order valence-corrected chi connectivity index (χ4v) is 4.23. The molecule has 0 aromatic heterocycles. The summed E-state index contributed by atoms with van der Waals surface area (Å²) in [6.07, 6.45) is 0. The summed E-state index contributed by atoms with van der Waals surface area (Å²) in [5.41, 5.74) is 0. The van der Waals surface area contributed by atoms with Gasteiger partial charge in [0.2, 0.25) is 15.9 Å². The molecular formula is C15H22Cl2N2O3S. The number of nitrogens with zero attached hydrogens (tertiary/aromatic N) is 2. The zero-order chi connectivity index (χ0) is 17.9. The number of rotatable bonds is 6. The molecule has 0 atom stereocenters. The van der Waals surface area contributed by atoms with Crippen molar-refractivity contribution in [3.63, 3.8) is 0 Å². The third-order valence-corrected chi connectivity index (χ3v) is 5.86. The van der Waals surface area contributed by atoms with E-state index in [1.807, 2.05) is 27.7 Å². The van der Waals surface area contributed by atoms with E-state index in [1.54, 1.807) is 4.90 Å². The van der Waals surface area contributed by atoms with Gasteiger partial charge in [-0.15, -0.1) is 0 Å². The lowest BCUT2D eigenvalue weighted by atomic mass is 10.2. The van der Waals surface area contributed by atoms with Crippen LogP contribution in [0.4, 0.5) is 0 Å². The third-order valence-electron chi connectivity index (χ3n) is 3.34. The van der Waals surface area contributed by atoms with E-state index in [-0.39, 0.29) is 39.5 Å². The molecule has 8 heteroatoms. The standard InChI is InChI=1S/C15H22Cl2N2O3S/c1-10(2)19(11(3)4)15(20)9-18(5)23(21,22)14-8-12(16)6-7-13(14)17/h6-8,10-11H,9H2,1-5H3. The van der Waals surface area contributed by atoms with Crippen LogP contribution < -0.4 is 0 Å². The Morgan fingerprint density at radius 2 is 1.65 bits per heavy atom. The van der Waals surface area contributed by atoms with Gasteiger partial charge in [0.1, 0.15) is 4.90 Å². The molecule has 1 aromatic rings. The van der Waals surface area contributed by atoms with Gasteiger partial charge in [0.25, 0.3) is 0 Å². The SMILES string of the molecule is CC(C)N(C(=O)CN(C)S(=O)(=O)c1cc(Cl)ccc1Cl)C(C)C. The van der Waals surface area contributed by atoms with Crippen molar-refractivity contribution in [2.45, 2.75) is 44.7 Å². The van der Waals surface area contributed by atoms with Crippen molar-refractivity contribution in [2.75, 3.05) is 13.6 Å². The van der Waals surface area contributed by atoms with E-state index < -0.39 is 10.0 Å². The normalized spacial score (nSPS) is 12.3. The summed E-state index contributed by atoms with van der Waals surface area (Å²) in [5, 5.41) is 0.331. The average molecular weight is 381 g/mol. The molecule has 0 unspecified atom stereocenters. The minimum atomic E-state index is -3.90. The van der Waals surface area contributed by atoms with E-state index in [4.69, 9.17) is 23.2 Å². The van der Waals surface area contributed by atoms with Crippen molar-refractivity contribution >= 4 is 39.1 Å². The van der Waals surface area contributed by atoms with Crippen LogP contribution in [-0.4, -0.2) is 49.2 Å². The van der Waals surface area contributed by atoms with Crippen LogP contribution in [0, 0.1) is 0 Å². The number of hydrogen-bond acceptors (Lipinski definition) is 3. The predicted molar refractivity (Wildman–Crippen MR) is 93.4 cm³/mol. The largest absolute Gasteiger partial charge is 0.337 e. The second kappa shape index (κ2) is 7.83. The van der Waals surface area contributed by atoms with E-state index in [0.29, 0.717) is 0 Å². The number of benzene rings is 1. The number of carbonyl (C=O) groups is 1. The summed E-state index contributed by atoms with van der Waals surface area (Å²) >= 11 is 11.8. The maximum atomic E-state index is 12.6. The Morgan fingerprint density at radius 1 is 1.13 bits per heavy atom. The van der Waals surface area contributed by atoms with E-state index in [9.17, 15) is 13.2 Å². The first-order chi connectivity index (χ1) is 10.5. The Morgan fingerprint density at radius 3 is 2.13 bits per heavy atom. The van der Waals surface area contributed by atoms with Crippen LogP contribution in [-0.2, 0) is 14.8 Å². The fraction of sp³-hybridized carbons (Fsp3) is 0.533. The Kier molecular flexibility index (Phi) is 6.89. The molecule has 0 N–H and O–H groups in total. The van der Waals surface area contributed by atoms with Crippen LogP contribution in [0.2, 0.25) is 10.0 Å². The molecule has 130 valence electrons. The molecular weight excluding hydrogens is 359 g/mol. The lowest BCUT2D eigenvalue weighted by Crippen LogP contribution is -2.47. The van der Waals surface area contributed by atoms with Crippen LogP contribution in [0.25, 0.3) is 0 Å². The minimum Gasteiger partial charge on any atom is -0.337 e. The number of amides is 1. The molecule has 0 spiro atoms. The predicted octanol–water partition coefficient (Wildman–Crippen LogP) is 3.26. The molecule has 0 saturated carbocycles. The minimum absolute atomic E-state index is 0.0200. The zero-order valence-electron chi connectivity index (χ0n) is 13.9. The van der Waals surface area contributed by atoms with Gasteiger partial charge in [0.15, 0.2) is 0 Å². The van der Waals surface area contributed by atoms with Crippen molar-refractivity contribution < 1.29 is 13.2 Å². The van der Waals surface area contributed by atoms with Gasteiger partial charge in [-0.05, 0) is 45.9 Å². The molecule has 23 heavy (non-hydrogen) atoms. The molecule has 0 fully saturated rings. The monoisotopic (exact) mass is 380 g/mol. The topological polar surface area (TPSA) is 57.7 Å². The van der Waals surface area contributed by atoms with Crippen LogP contribution >= 0.6 is 23.2 Å². The smallest absolute Gasteiger partial charge is 0.244 e. The molecule has 5 nitrogen and oxygen atoms in total. The fourth-order valence-electron chi connectivity index (χ4n) is 2.37. The number of hydrogen-bond donors (Lipinski definition) is 0. The molecule has 0 bridgehead atoms. The van der Waals surface area contributed by atoms with Crippen LogP contribution in [0.3, 0.4) is 0 Å². The summed E-state index contributed by atoms with van der Waals surface area (Å²) in [6.45, 7) is 7.29. The Labute approximate surface area is 148 Å². The average Bonchev–Trinajstić information content (AvgIpc) is 2.40. The quantitative estimate of drug-likeness (QED) is 0.760. The van der Waals surface area contributed by atoms with Gasteiger partial charge in [-0.1, -0.05) is 23.2 Å². The van der Waals surface area contributed by atoms with E-state index in [1.165, 1.54) is 25.2 Å². The van der Waals surface area contributed by atoms with Gasteiger partial charge in [-0.3, -0.25) is 4.79 Å². The Bertz CT molecular complexity index is 667. The molecule has 0 aliphatic carbocycles. The van der Waals surface area contributed by atoms with E-state index in [0.717, 1.165) is 4.31 Å². The summed E-state index contributed by atoms with van der Waals surface area (Å²) in [7, 11) is -2.55. The molecule has 0 saturated heterocycles. The zero-order valence-corrected chi connectivity index (χ0v) is 16.2. The first-order valence-electron chi connectivity index (χ1n) is 7.21. The lowest BCUT2D eigenvalue weighted by Gasteiger charge is -2.32. The molecule has 1 aromatic carbocycles. The van der Waals surface area contributed by atoms with Crippen molar-refractivity contribution in [1.82, 2.24) is 9.21 Å². The highest BCUT2D eigenvalue weighted by atomic mass is 35.5. The van der Waals surface area contributed by atoms with E-state index >= 15 is 0 Å². The molecule has 0 radical (unpaired) electrons. The second-order valence-electron chi connectivity index (χ2n) is 5.82. The molecule has 1 rings (SSSR count). The number of carbonyl (C=O) groups excluding carboxylic acids is 1. The second-order valence-corrected chi connectivity index (χ2v) is 8.68. The summed E-state index contributed by atoms with van der Waals surface area (Å²) in [5.74, 6) is -0.265.